The van der Waals surface area contributed by atoms with Crippen molar-refractivity contribution >= 4 is 11.6 Å². The summed E-state index contributed by atoms with van der Waals surface area (Å²) in [6.45, 7) is 0.407. The van der Waals surface area contributed by atoms with Crippen molar-refractivity contribution in [2.75, 3.05) is 19.8 Å². The Labute approximate surface area is 177 Å². The molecule has 0 saturated heterocycles. The van der Waals surface area contributed by atoms with Crippen LogP contribution in [0.2, 0.25) is 0 Å². The SMILES string of the molecule is N#Cc1ccc(OCC(=O)NCCOc2ccc3nnc(-c4ccccc4)n3n2)cc1. The number of nitrogens with zero attached hydrogens (tertiary/aromatic N) is 5. The Balaban J connectivity index is 1.26. The smallest absolute Gasteiger partial charge is 0.258 e. The summed E-state index contributed by atoms with van der Waals surface area (Å²) in [5, 5.41) is 24.2. The predicted octanol–water partition coefficient (Wildman–Crippen LogP) is 2.24. The first-order valence-electron chi connectivity index (χ1n) is 9.53. The van der Waals surface area contributed by atoms with Gasteiger partial charge in [-0.3, -0.25) is 4.79 Å². The standard InChI is InChI=1S/C22H18N6O3/c23-14-16-6-8-18(9-7-16)31-15-20(29)24-12-13-30-21-11-10-19-25-26-22(28(19)27-21)17-4-2-1-3-5-17/h1-11H,12-13,15H2,(H,24,29). The van der Waals surface area contributed by atoms with Crippen LogP contribution >= 0.6 is 0 Å². The molecule has 2 aromatic heterocycles. The Morgan fingerprint density at radius 1 is 1.00 bits per heavy atom. The molecule has 0 aliphatic rings. The van der Waals surface area contributed by atoms with Gasteiger partial charge in [0, 0.05) is 11.6 Å². The number of nitriles is 1. The number of hydrogen-bond donors (Lipinski definition) is 1. The van der Waals surface area contributed by atoms with Crippen molar-refractivity contribution in [1.29, 1.82) is 5.26 Å². The number of rotatable bonds is 8. The normalized spacial score (nSPS) is 10.4. The van der Waals surface area contributed by atoms with Crippen molar-refractivity contribution in [3.05, 3.63) is 72.3 Å². The van der Waals surface area contributed by atoms with Crippen molar-refractivity contribution in [2.45, 2.75) is 0 Å². The quantitative estimate of drug-likeness (QED) is 0.440. The molecule has 31 heavy (non-hydrogen) atoms. The van der Waals surface area contributed by atoms with Gasteiger partial charge in [0.25, 0.3) is 5.91 Å². The van der Waals surface area contributed by atoms with Crippen LogP contribution in [-0.2, 0) is 4.79 Å². The Kier molecular flexibility index (Phi) is 6.00. The lowest BCUT2D eigenvalue weighted by Gasteiger charge is -2.09. The molecule has 154 valence electrons. The minimum absolute atomic E-state index is 0.128. The summed E-state index contributed by atoms with van der Waals surface area (Å²) >= 11 is 0. The molecule has 2 aromatic carbocycles. The Hall–Kier alpha value is -4.45. The fraction of sp³-hybridized carbons (Fsp3) is 0.136. The molecule has 0 aliphatic carbocycles. The first-order chi connectivity index (χ1) is 15.2. The van der Waals surface area contributed by atoms with Crippen molar-refractivity contribution in [1.82, 2.24) is 25.1 Å². The van der Waals surface area contributed by atoms with Gasteiger partial charge in [0.2, 0.25) is 5.88 Å². The van der Waals surface area contributed by atoms with E-state index in [0.717, 1.165) is 5.56 Å². The average Bonchev–Trinajstić information content (AvgIpc) is 3.25. The first-order valence-corrected chi connectivity index (χ1v) is 9.53. The van der Waals surface area contributed by atoms with Crippen molar-refractivity contribution < 1.29 is 14.3 Å². The van der Waals surface area contributed by atoms with E-state index in [1.54, 1.807) is 40.9 Å². The second-order valence-electron chi connectivity index (χ2n) is 6.45. The van der Waals surface area contributed by atoms with Crippen molar-refractivity contribution in [3.63, 3.8) is 0 Å². The molecule has 0 radical (unpaired) electrons. The topological polar surface area (TPSA) is 114 Å². The summed E-state index contributed by atoms with van der Waals surface area (Å²) in [4.78, 5) is 11.9. The van der Waals surface area contributed by atoms with Gasteiger partial charge in [-0.1, -0.05) is 30.3 Å². The van der Waals surface area contributed by atoms with Crippen molar-refractivity contribution in [2.24, 2.45) is 0 Å². The van der Waals surface area contributed by atoms with E-state index in [1.165, 1.54) is 0 Å². The fourth-order valence-corrected chi connectivity index (χ4v) is 2.79. The highest BCUT2D eigenvalue weighted by atomic mass is 16.5. The fourth-order valence-electron chi connectivity index (χ4n) is 2.79. The maximum absolute atomic E-state index is 11.9. The van der Waals surface area contributed by atoms with Crippen LogP contribution in [0.25, 0.3) is 17.0 Å². The van der Waals surface area contributed by atoms with Gasteiger partial charge in [-0.15, -0.1) is 15.3 Å². The molecule has 1 N–H and O–H groups in total. The summed E-state index contributed by atoms with van der Waals surface area (Å²) in [5.41, 5.74) is 2.04. The molecule has 0 unspecified atom stereocenters. The Morgan fingerprint density at radius 2 is 1.81 bits per heavy atom. The zero-order chi connectivity index (χ0) is 21.5. The number of ether oxygens (including phenoxy) is 2. The van der Waals surface area contributed by atoms with E-state index < -0.39 is 0 Å². The van der Waals surface area contributed by atoms with E-state index in [9.17, 15) is 4.79 Å². The van der Waals surface area contributed by atoms with Crippen LogP contribution in [0.5, 0.6) is 11.6 Å². The van der Waals surface area contributed by atoms with Crippen LogP contribution in [0.4, 0.5) is 0 Å². The number of aromatic nitrogens is 4. The number of benzene rings is 2. The van der Waals surface area contributed by atoms with Crippen LogP contribution in [0.3, 0.4) is 0 Å². The number of carbonyl (C=O) groups is 1. The molecule has 0 bridgehead atoms. The average molecular weight is 414 g/mol. The number of nitrogens with one attached hydrogen (secondary N) is 1. The molecule has 0 fully saturated rings. The molecule has 4 rings (SSSR count). The predicted molar refractivity (Wildman–Crippen MR) is 111 cm³/mol. The van der Waals surface area contributed by atoms with Crippen molar-refractivity contribution in [3.8, 4) is 29.1 Å². The minimum atomic E-state index is -0.276. The molecule has 2 heterocycles. The monoisotopic (exact) mass is 414 g/mol. The second-order valence-corrected chi connectivity index (χ2v) is 6.45. The molecule has 0 aliphatic heterocycles. The van der Waals surface area contributed by atoms with Gasteiger partial charge < -0.3 is 14.8 Å². The van der Waals surface area contributed by atoms with E-state index in [2.05, 4.69) is 20.6 Å². The molecule has 0 spiro atoms. The van der Waals surface area contributed by atoms with Gasteiger partial charge in [-0.25, -0.2) is 0 Å². The number of amides is 1. The maximum Gasteiger partial charge on any atom is 0.258 e. The number of hydrogen-bond acceptors (Lipinski definition) is 7. The first kappa shape index (κ1) is 19.8. The largest absolute Gasteiger partial charge is 0.484 e. The summed E-state index contributed by atoms with van der Waals surface area (Å²) in [6.07, 6.45) is 0. The van der Waals surface area contributed by atoms with E-state index >= 15 is 0 Å². The molecular weight excluding hydrogens is 396 g/mol. The van der Waals surface area contributed by atoms with Crippen LogP contribution < -0.4 is 14.8 Å². The zero-order valence-corrected chi connectivity index (χ0v) is 16.4. The van der Waals surface area contributed by atoms with Gasteiger partial charge >= 0.3 is 0 Å². The highest BCUT2D eigenvalue weighted by Gasteiger charge is 2.10. The molecular formula is C22H18N6O3. The van der Waals surface area contributed by atoms with Gasteiger partial charge in [-0.2, -0.15) is 9.78 Å². The van der Waals surface area contributed by atoms with Gasteiger partial charge in [0.1, 0.15) is 12.4 Å². The van der Waals surface area contributed by atoms with E-state index in [0.29, 0.717) is 35.2 Å². The lowest BCUT2D eigenvalue weighted by Crippen LogP contribution is -2.32. The summed E-state index contributed by atoms with van der Waals surface area (Å²) in [7, 11) is 0. The van der Waals surface area contributed by atoms with Crippen LogP contribution in [-0.4, -0.2) is 45.5 Å². The molecule has 1 amide bonds. The summed E-state index contributed by atoms with van der Waals surface area (Å²) in [5.74, 6) is 1.26. The zero-order valence-electron chi connectivity index (χ0n) is 16.4. The molecule has 0 saturated carbocycles. The second kappa shape index (κ2) is 9.37. The molecule has 0 atom stereocenters. The van der Waals surface area contributed by atoms with Gasteiger partial charge in [0.15, 0.2) is 18.1 Å². The van der Waals surface area contributed by atoms with E-state index in [1.807, 2.05) is 36.4 Å². The highest BCUT2D eigenvalue weighted by Crippen LogP contribution is 2.18. The third-order valence-electron chi connectivity index (χ3n) is 4.30. The minimum Gasteiger partial charge on any atom is -0.484 e. The summed E-state index contributed by atoms with van der Waals surface area (Å²) < 4.78 is 12.6. The molecule has 9 nitrogen and oxygen atoms in total. The molecule has 9 heteroatoms. The highest BCUT2D eigenvalue weighted by molar-refractivity contribution is 5.77. The van der Waals surface area contributed by atoms with Crippen LogP contribution in [0, 0.1) is 11.3 Å². The Morgan fingerprint density at radius 3 is 2.58 bits per heavy atom. The molecule has 4 aromatic rings. The van der Waals surface area contributed by atoms with Crippen LogP contribution in [0.15, 0.2) is 66.7 Å². The lowest BCUT2D eigenvalue weighted by molar-refractivity contribution is -0.123. The maximum atomic E-state index is 11.9. The Bertz CT molecular complexity index is 1220. The van der Waals surface area contributed by atoms with E-state index in [4.69, 9.17) is 14.7 Å². The number of carbonyl (C=O) groups excluding carboxylic acids is 1. The third kappa shape index (κ3) is 4.94. The third-order valence-corrected chi connectivity index (χ3v) is 4.30. The van der Waals surface area contributed by atoms with Crippen LogP contribution in [0.1, 0.15) is 5.56 Å². The van der Waals surface area contributed by atoms with Gasteiger partial charge in [0.05, 0.1) is 18.2 Å². The summed E-state index contributed by atoms with van der Waals surface area (Å²) in [6, 6.07) is 21.7. The van der Waals surface area contributed by atoms with E-state index in [-0.39, 0.29) is 19.1 Å². The number of fused-ring (bicyclic) bond motifs is 1. The van der Waals surface area contributed by atoms with Gasteiger partial charge in [-0.05, 0) is 30.3 Å². The lowest BCUT2D eigenvalue weighted by atomic mass is 10.2.